The molecule has 8 aromatic carbocycles. The average molecular weight is 642 g/mol. The largest absolute Gasteiger partial charge is 0.208 e. The maximum atomic E-state index is 5.20. The van der Waals surface area contributed by atoms with Crippen molar-refractivity contribution in [1.29, 1.82) is 0 Å². The van der Waals surface area contributed by atoms with Crippen LogP contribution < -0.4 is 0 Å². The van der Waals surface area contributed by atoms with Crippen LogP contribution in [0.4, 0.5) is 0 Å². The number of thiophene rings is 1. The van der Waals surface area contributed by atoms with Crippen molar-refractivity contribution in [1.82, 2.24) is 15.0 Å². The number of rotatable bonds is 4. The maximum absolute atomic E-state index is 5.20. The molecule has 228 valence electrons. The summed E-state index contributed by atoms with van der Waals surface area (Å²) < 4.78 is 2.48. The lowest BCUT2D eigenvalue weighted by Gasteiger charge is -2.11. The summed E-state index contributed by atoms with van der Waals surface area (Å²) in [6.07, 6.45) is 0. The highest BCUT2D eigenvalue weighted by Crippen LogP contribution is 2.40. The van der Waals surface area contributed by atoms with E-state index in [1.54, 1.807) is 11.3 Å². The molecule has 0 spiro atoms. The van der Waals surface area contributed by atoms with Crippen molar-refractivity contribution in [3.8, 4) is 45.3 Å². The molecule has 0 amide bonds. The lowest BCUT2D eigenvalue weighted by atomic mass is 9.97. The molecule has 0 fully saturated rings. The summed E-state index contributed by atoms with van der Waals surface area (Å²) >= 11 is 1.80. The van der Waals surface area contributed by atoms with E-state index >= 15 is 0 Å². The molecule has 0 atom stereocenters. The Morgan fingerprint density at radius 2 is 0.796 bits per heavy atom. The van der Waals surface area contributed by atoms with Crippen LogP contribution in [0, 0.1) is 0 Å². The molecule has 2 heterocycles. The highest BCUT2D eigenvalue weighted by molar-refractivity contribution is 7.25. The predicted octanol–water partition coefficient (Wildman–Crippen LogP) is 12.4. The van der Waals surface area contributed by atoms with Crippen molar-refractivity contribution in [2.24, 2.45) is 0 Å². The minimum Gasteiger partial charge on any atom is -0.208 e. The van der Waals surface area contributed by atoms with Crippen molar-refractivity contribution < 1.29 is 0 Å². The fourth-order valence-corrected chi connectivity index (χ4v) is 8.11. The highest BCUT2D eigenvalue weighted by atomic mass is 32.1. The number of nitrogens with zero attached hydrogens (tertiary/aromatic N) is 3. The Kier molecular flexibility index (Phi) is 6.36. The molecule has 0 N–H and O–H groups in total. The second-order valence-corrected chi connectivity index (χ2v) is 13.6. The Morgan fingerprint density at radius 3 is 1.47 bits per heavy atom. The third-order valence-electron chi connectivity index (χ3n) is 9.47. The molecule has 0 radical (unpaired) electrons. The Labute approximate surface area is 286 Å². The minimum atomic E-state index is 0.655. The van der Waals surface area contributed by atoms with Gasteiger partial charge in [0.25, 0.3) is 0 Å². The number of fused-ring (bicyclic) bond motifs is 6. The van der Waals surface area contributed by atoms with E-state index in [4.69, 9.17) is 15.0 Å². The fourth-order valence-electron chi connectivity index (χ4n) is 6.98. The molecule has 2 aromatic heterocycles. The molecule has 0 aliphatic rings. The summed E-state index contributed by atoms with van der Waals surface area (Å²) in [5.74, 6) is 1.99. The Balaban J connectivity index is 1.17. The van der Waals surface area contributed by atoms with Crippen LogP contribution in [0.3, 0.4) is 0 Å². The molecule has 49 heavy (non-hydrogen) atoms. The van der Waals surface area contributed by atoms with Crippen LogP contribution in [-0.2, 0) is 0 Å². The first-order valence-corrected chi connectivity index (χ1v) is 17.2. The van der Waals surface area contributed by atoms with E-state index in [-0.39, 0.29) is 0 Å². The van der Waals surface area contributed by atoms with Gasteiger partial charge in [-0.1, -0.05) is 127 Å². The van der Waals surface area contributed by atoms with Gasteiger partial charge in [-0.2, -0.15) is 0 Å². The van der Waals surface area contributed by atoms with Gasteiger partial charge in [0, 0.05) is 36.9 Å². The first-order chi connectivity index (χ1) is 24.2. The van der Waals surface area contributed by atoms with E-state index in [0.717, 1.165) is 27.5 Å². The van der Waals surface area contributed by atoms with E-state index in [0.29, 0.717) is 17.5 Å². The Hall–Kier alpha value is -6.23. The van der Waals surface area contributed by atoms with Crippen LogP contribution in [0.5, 0.6) is 0 Å². The zero-order valence-corrected chi connectivity index (χ0v) is 27.2. The van der Waals surface area contributed by atoms with Gasteiger partial charge in [-0.15, -0.1) is 11.3 Å². The summed E-state index contributed by atoms with van der Waals surface area (Å²) in [7, 11) is 0. The second kappa shape index (κ2) is 11.2. The molecule has 0 aliphatic carbocycles. The third-order valence-corrected chi connectivity index (χ3v) is 10.6. The smallest absolute Gasteiger partial charge is 0.164 e. The summed E-state index contributed by atoms with van der Waals surface area (Å²) in [6, 6.07) is 58.2. The normalized spacial score (nSPS) is 11.7. The topological polar surface area (TPSA) is 38.7 Å². The molecule has 4 heteroatoms. The van der Waals surface area contributed by atoms with Gasteiger partial charge in [-0.25, -0.2) is 15.0 Å². The number of hydrogen-bond acceptors (Lipinski definition) is 4. The molecule has 0 saturated heterocycles. The van der Waals surface area contributed by atoms with Gasteiger partial charge in [-0.3, -0.25) is 0 Å². The standard InChI is InChI=1S/C45H27N3S/c1-3-10-31-24-33(20-16-28(31)8-1)34-21-17-30-19-23-36(27-37(30)26-34)44-46-43(35-22-18-29-9-2-4-11-32(29)25-35)47-45(48-44)39-13-7-15-41-42(39)38-12-5-6-14-40(38)49-41/h1-27H. The molecular formula is C45H27N3S. The van der Waals surface area contributed by atoms with Crippen molar-refractivity contribution >= 4 is 63.8 Å². The summed E-state index contributed by atoms with van der Waals surface area (Å²) in [6.45, 7) is 0. The predicted molar refractivity (Wildman–Crippen MR) is 207 cm³/mol. The van der Waals surface area contributed by atoms with Crippen LogP contribution in [0.2, 0.25) is 0 Å². The minimum absolute atomic E-state index is 0.655. The van der Waals surface area contributed by atoms with Gasteiger partial charge in [0.1, 0.15) is 0 Å². The quantitative estimate of drug-likeness (QED) is 0.192. The highest BCUT2D eigenvalue weighted by Gasteiger charge is 2.17. The molecule has 10 aromatic rings. The molecular weight excluding hydrogens is 615 g/mol. The summed E-state index contributed by atoms with van der Waals surface area (Å²) in [4.78, 5) is 15.5. The lowest BCUT2D eigenvalue weighted by Crippen LogP contribution is -2.00. The zero-order valence-electron chi connectivity index (χ0n) is 26.3. The van der Waals surface area contributed by atoms with Crippen LogP contribution in [0.1, 0.15) is 0 Å². The number of aromatic nitrogens is 3. The number of hydrogen-bond donors (Lipinski definition) is 0. The SMILES string of the molecule is c1ccc2cc(-c3ccc4ccc(-c5nc(-c6ccc7ccccc7c6)nc(-c6cccc7sc8ccccc8c67)n5)cc4c3)ccc2c1. The van der Waals surface area contributed by atoms with Gasteiger partial charge in [0.05, 0.1) is 0 Å². The first-order valence-electron chi connectivity index (χ1n) is 16.4. The van der Waals surface area contributed by atoms with Crippen molar-refractivity contribution in [2.75, 3.05) is 0 Å². The average Bonchev–Trinajstić information content (AvgIpc) is 3.56. The molecule has 0 aliphatic heterocycles. The Bertz CT molecular complexity index is 2900. The van der Waals surface area contributed by atoms with Crippen LogP contribution in [0.15, 0.2) is 164 Å². The maximum Gasteiger partial charge on any atom is 0.164 e. The summed E-state index contributed by atoms with van der Waals surface area (Å²) in [5.41, 5.74) is 5.31. The third kappa shape index (κ3) is 4.85. The molecule has 0 bridgehead atoms. The van der Waals surface area contributed by atoms with Crippen LogP contribution >= 0.6 is 11.3 Å². The fraction of sp³-hybridized carbons (Fsp3) is 0. The van der Waals surface area contributed by atoms with Gasteiger partial charge < -0.3 is 0 Å². The van der Waals surface area contributed by atoms with Crippen molar-refractivity contribution in [3.63, 3.8) is 0 Å². The monoisotopic (exact) mass is 641 g/mol. The van der Waals surface area contributed by atoms with E-state index in [9.17, 15) is 0 Å². The van der Waals surface area contributed by atoms with E-state index < -0.39 is 0 Å². The zero-order chi connectivity index (χ0) is 32.3. The molecule has 3 nitrogen and oxygen atoms in total. The molecule has 10 rings (SSSR count). The van der Waals surface area contributed by atoms with Gasteiger partial charge in [0.2, 0.25) is 0 Å². The Morgan fingerprint density at radius 1 is 0.327 bits per heavy atom. The van der Waals surface area contributed by atoms with Crippen molar-refractivity contribution in [2.45, 2.75) is 0 Å². The first kappa shape index (κ1) is 27.8. The van der Waals surface area contributed by atoms with E-state index in [1.165, 1.54) is 52.8 Å². The molecule has 0 unspecified atom stereocenters. The van der Waals surface area contributed by atoms with Crippen LogP contribution in [0.25, 0.3) is 97.8 Å². The van der Waals surface area contributed by atoms with Gasteiger partial charge >= 0.3 is 0 Å². The van der Waals surface area contributed by atoms with Gasteiger partial charge in [-0.05, 0) is 79.8 Å². The molecule has 0 saturated carbocycles. The van der Waals surface area contributed by atoms with Crippen molar-refractivity contribution in [3.05, 3.63) is 164 Å². The second-order valence-electron chi connectivity index (χ2n) is 12.5. The van der Waals surface area contributed by atoms with E-state index in [1.807, 2.05) is 0 Å². The van der Waals surface area contributed by atoms with Gasteiger partial charge in [0.15, 0.2) is 17.5 Å². The van der Waals surface area contributed by atoms with E-state index in [2.05, 4.69) is 164 Å². The lowest BCUT2D eigenvalue weighted by molar-refractivity contribution is 1.08. The number of benzene rings is 8. The summed E-state index contributed by atoms with van der Waals surface area (Å²) in [5, 5.41) is 9.54. The van der Waals surface area contributed by atoms with Crippen LogP contribution in [-0.4, -0.2) is 15.0 Å².